The molecule has 0 amide bonds. The van der Waals surface area contributed by atoms with Crippen molar-refractivity contribution < 1.29 is 0 Å². The summed E-state index contributed by atoms with van der Waals surface area (Å²) in [6.07, 6.45) is 11.8. The molecule has 1 aliphatic carbocycles. The van der Waals surface area contributed by atoms with Gasteiger partial charge in [-0.25, -0.2) is 0 Å². The first-order chi connectivity index (χ1) is 11.2. The van der Waals surface area contributed by atoms with Crippen molar-refractivity contribution in [2.45, 2.75) is 38.6 Å². The van der Waals surface area contributed by atoms with Gasteiger partial charge in [0.15, 0.2) is 0 Å². The number of rotatable bonds is 2. The van der Waals surface area contributed by atoms with Gasteiger partial charge in [0.25, 0.3) is 0 Å². The van der Waals surface area contributed by atoms with Gasteiger partial charge in [-0.05, 0) is 63.4 Å². The lowest BCUT2D eigenvalue weighted by Crippen LogP contribution is -2.41. The molecular weight excluding hydrogens is 284 g/mol. The van der Waals surface area contributed by atoms with E-state index in [1.165, 1.54) is 49.3 Å². The van der Waals surface area contributed by atoms with Crippen LogP contribution in [0.3, 0.4) is 0 Å². The molecular formula is C19H28N4. The zero-order chi connectivity index (χ0) is 15.8. The summed E-state index contributed by atoms with van der Waals surface area (Å²) >= 11 is 0. The van der Waals surface area contributed by atoms with Gasteiger partial charge in [0.05, 0.1) is 5.71 Å². The monoisotopic (exact) mass is 312 g/mol. The Kier molecular flexibility index (Phi) is 4.10. The zero-order valence-electron chi connectivity index (χ0n) is 14.4. The van der Waals surface area contributed by atoms with Crippen molar-refractivity contribution in [3.63, 3.8) is 0 Å². The van der Waals surface area contributed by atoms with Crippen molar-refractivity contribution in [3.05, 3.63) is 23.8 Å². The molecule has 4 rings (SSSR count). The molecule has 0 radical (unpaired) electrons. The molecule has 0 aromatic carbocycles. The fourth-order valence-corrected chi connectivity index (χ4v) is 4.07. The second kappa shape index (κ2) is 6.23. The van der Waals surface area contributed by atoms with Crippen molar-refractivity contribution in [2.24, 2.45) is 21.9 Å². The first-order valence-electron chi connectivity index (χ1n) is 9.16. The molecule has 0 spiro atoms. The Morgan fingerprint density at radius 1 is 1.13 bits per heavy atom. The maximum atomic E-state index is 4.91. The summed E-state index contributed by atoms with van der Waals surface area (Å²) in [6.45, 7) is 6.74. The summed E-state index contributed by atoms with van der Waals surface area (Å²) in [7, 11) is 2.22. The average molecular weight is 312 g/mol. The number of allylic oxidation sites excluding steroid dienone is 3. The van der Waals surface area contributed by atoms with Crippen LogP contribution in [-0.4, -0.2) is 60.6 Å². The van der Waals surface area contributed by atoms with Crippen LogP contribution in [0.15, 0.2) is 33.9 Å². The molecule has 0 bridgehead atoms. The molecule has 4 nitrogen and oxygen atoms in total. The van der Waals surface area contributed by atoms with Crippen molar-refractivity contribution in [2.75, 3.05) is 33.2 Å². The van der Waals surface area contributed by atoms with Crippen LogP contribution in [0.1, 0.15) is 32.6 Å². The van der Waals surface area contributed by atoms with E-state index in [2.05, 4.69) is 42.1 Å². The molecule has 124 valence electrons. The minimum Gasteiger partial charge on any atom is -0.306 e. The Morgan fingerprint density at radius 2 is 1.96 bits per heavy atom. The number of hydrogen-bond donors (Lipinski definition) is 0. The molecule has 0 N–H and O–H groups in total. The third-order valence-electron chi connectivity index (χ3n) is 5.73. The van der Waals surface area contributed by atoms with Crippen LogP contribution in [0.2, 0.25) is 0 Å². The van der Waals surface area contributed by atoms with Crippen LogP contribution in [-0.2, 0) is 0 Å². The summed E-state index contributed by atoms with van der Waals surface area (Å²) < 4.78 is 0. The van der Waals surface area contributed by atoms with Crippen molar-refractivity contribution in [1.82, 2.24) is 9.91 Å². The maximum absolute atomic E-state index is 4.91. The van der Waals surface area contributed by atoms with Crippen LogP contribution < -0.4 is 0 Å². The van der Waals surface area contributed by atoms with E-state index >= 15 is 0 Å². The number of likely N-dealkylation sites (tertiary alicyclic amines) is 1. The van der Waals surface area contributed by atoms with Crippen LogP contribution in [0.4, 0.5) is 0 Å². The van der Waals surface area contributed by atoms with Crippen LogP contribution >= 0.6 is 0 Å². The number of hydrogen-bond acceptors (Lipinski definition) is 4. The number of fused-ring (bicyclic) bond motifs is 1. The number of aliphatic imine (C=N–C) groups is 1. The smallest absolute Gasteiger partial charge is 0.0693 e. The van der Waals surface area contributed by atoms with Gasteiger partial charge >= 0.3 is 0 Å². The van der Waals surface area contributed by atoms with E-state index in [9.17, 15) is 0 Å². The van der Waals surface area contributed by atoms with Gasteiger partial charge in [-0.2, -0.15) is 5.10 Å². The van der Waals surface area contributed by atoms with E-state index in [1.807, 2.05) is 0 Å². The highest BCUT2D eigenvalue weighted by Crippen LogP contribution is 2.29. The Hall–Kier alpha value is -1.42. The van der Waals surface area contributed by atoms with Crippen LogP contribution in [0.5, 0.6) is 0 Å². The molecule has 2 atom stereocenters. The predicted molar refractivity (Wildman–Crippen MR) is 96.1 cm³/mol. The largest absolute Gasteiger partial charge is 0.306 e. The third-order valence-corrected chi connectivity index (χ3v) is 5.73. The van der Waals surface area contributed by atoms with E-state index in [0.717, 1.165) is 25.4 Å². The molecule has 0 aromatic rings. The normalized spacial score (nSPS) is 32.4. The Balaban J connectivity index is 1.44. The van der Waals surface area contributed by atoms with E-state index in [4.69, 9.17) is 10.1 Å². The van der Waals surface area contributed by atoms with E-state index in [1.54, 1.807) is 0 Å². The zero-order valence-corrected chi connectivity index (χ0v) is 14.4. The molecule has 0 aromatic heterocycles. The van der Waals surface area contributed by atoms with Gasteiger partial charge in [-0.3, -0.25) is 10.0 Å². The van der Waals surface area contributed by atoms with Crippen LogP contribution in [0, 0.1) is 11.8 Å². The fourth-order valence-electron chi connectivity index (χ4n) is 4.07. The molecule has 1 saturated heterocycles. The second-order valence-electron chi connectivity index (χ2n) is 7.67. The molecule has 3 aliphatic heterocycles. The van der Waals surface area contributed by atoms with Crippen LogP contribution in [0.25, 0.3) is 0 Å². The van der Waals surface area contributed by atoms with E-state index < -0.39 is 0 Å². The lowest BCUT2D eigenvalue weighted by Gasteiger charge is -2.34. The maximum Gasteiger partial charge on any atom is 0.0693 e. The summed E-state index contributed by atoms with van der Waals surface area (Å²) in [5, 5.41) is 7.27. The Labute approximate surface area is 139 Å². The minimum absolute atomic E-state index is 0.469. The van der Waals surface area contributed by atoms with Crippen molar-refractivity contribution in [1.29, 1.82) is 0 Å². The molecule has 3 heterocycles. The molecule has 0 saturated carbocycles. The number of nitrogens with zero attached hydrogens (tertiary/aromatic N) is 4. The standard InChI is InChI=1S/C19H28N4/c1-14-3-5-18(20-12-14)15-4-6-19-16(11-15)13-23(21-19)17-7-9-22(2)10-8-17/h4,6,11,14,16-17H,3,5,7-10,12-13H2,1-2H3. The van der Waals surface area contributed by atoms with Gasteiger partial charge in [0.2, 0.25) is 0 Å². The lowest BCUT2D eigenvalue weighted by atomic mass is 9.89. The fraction of sp³-hybridized carbons (Fsp3) is 0.684. The summed E-state index contributed by atoms with van der Waals surface area (Å²) in [5.74, 6) is 1.21. The average Bonchev–Trinajstić information content (AvgIpc) is 2.99. The highest BCUT2D eigenvalue weighted by Gasteiger charge is 2.32. The first kappa shape index (κ1) is 15.1. The number of piperidine rings is 1. The second-order valence-corrected chi connectivity index (χ2v) is 7.67. The molecule has 4 heteroatoms. The van der Waals surface area contributed by atoms with Gasteiger partial charge in [0.1, 0.15) is 0 Å². The Morgan fingerprint density at radius 3 is 2.70 bits per heavy atom. The quantitative estimate of drug-likeness (QED) is 0.785. The molecule has 1 fully saturated rings. The first-order valence-corrected chi connectivity index (χ1v) is 9.16. The van der Waals surface area contributed by atoms with Crippen molar-refractivity contribution in [3.8, 4) is 0 Å². The van der Waals surface area contributed by atoms with Gasteiger partial charge < -0.3 is 4.90 Å². The summed E-state index contributed by atoms with van der Waals surface area (Å²) in [6, 6.07) is 0.627. The minimum atomic E-state index is 0.469. The third kappa shape index (κ3) is 3.14. The van der Waals surface area contributed by atoms with Gasteiger partial charge in [-0.1, -0.05) is 19.1 Å². The number of hydrazone groups is 1. The molecule has 23 heavy (non-hydrogen) atoms. The summed E-state index contributed by atoms with van der Waals surface area (Å²) in [5.41, 5.74) is 3.92. The predicted octanol–water partition coefficient (Wildman–Crippen LogP) is 2.74. The lowest BCUT2D eigenvalue weighted by molar-refractivity contribution is 0.131. The Bertz CT molecular complexity index is 578. The van der Waals surface area contributed by atoms with E-state index in [-0.39, 0.29) is 0 Å². The van der Waals surface area contributed by atoms with E-state index in [0.29, 0.717) is 12.0 Å². The molecule has 4 aliphatic rings. The van der Waals surface area contributed by atoms with Gasteiger partial charge in [-0.15, -0.1) is 0 Å². The topological polar surface area (TPSA) is 31.2 Å². The van der Waals surface area contributed by atoms with Crippen molar-refractivity contribution >= 4 is 11.4 Å². The SMILES string of the molecule is CC1CCC(C2=CC3CN(C4CCN(C)CC4)N=C3C=C2)=NC1. The highest BCUT2D eigenvalue weighted by molar-refractivity contribution is 6.09. The van der Waals surface area contributed by atoms with Gasteiger partial charge in [0, 0.05) is 30.8 Å². The summed E-state index contributed by atoms with van der Waals surface area (Å²) in [4.78, 5) is 7.23. The molecule has 2 unspecified atom stereocenters. The highest BCUT2D eigenvalue weighted by atomic mass is 15.5.